The number of nitrogens with zero attached hydrogens (tertiary/aromatic N) is 3. The highest BCUT2D eigenvalue weighted by Crippen LogP contribution is 2.16. The highest BCUT2D eigenvalue weighted by atomic mass is 16.5. The molecule has 1 aromatic heterocycles. The highest BCUT2D eigenvalue weighted by Gasteiger charge is 2.24. The number of nitrogens with two attached hydrogens (primary N) is 1. The topological polar surface area (TPSA) is 82.6 Å². The molecule has 1 aromatic carbocycles. The normalized spacial score (nSPS) is 17.7. The molecule has 1 atom stereocenters. The molecule has 140 valence electrons. The maximum absolute atomic E-state index is 12.9. The van der Waals surface area contributed by atoms with Crippen LogP contribution in [-0.2, 0) is 11.3 Å². The quantitative estimate of drug-likeness (QED) is 0.759. The molecule has 2 N–H and O–H groups in total. The summed E-state index contributed by atoms with van der Waals surface area (Å²) in [6.45, 7) is 3.75. The molecule has 26 heavy (non-hydrogen) atoms. The van der Waals surface area contributed by atoms with Gasteiger partial charge in [0.1, 0.15) is 5.75 Å². The summed E-state index contributed by atoms with van der Waals surface area (Å²) in [5.41, 5.74) is 6.12. The number of carbonyl (C=O) groups is 1. The van der Waals surface area contributed by atoms with E-state index in [9.17, 15) is 4.79 Å². The number of ether oxygens (including phenoxy) is 2. The van der Waals surface area contributed by atoms with Crippen molar-refractivity contribution in [2.24, 2.45) is 5.73 Å². The monoisotopic (exact) mass is 358 g/mol. The van der Waals surface area contributed by atoms with Crippen molar-refractivity contribution in [3.8, 4) is 5.75 Å². The molecule has 2 aromatic rings. The summed E-state index contributed by atoms with van der Waals surface area (Å²) in [6.07, 6.45) is 5.24. The molecular formula is C19H26N4O3. The van der Waals surface area contributed by atoms with Crippen LogP contribution >= 0.6 is 0 Å². The van der Waals surface area contributed by atoms with Crippen LogP contribution in [-0.4, -0.2) is 59.5 Å². The van der Waals surface area contributed by atoms with Crippen molar-refractivity contribution in [3.05, 3.63) is 48.3 Å². The van der Waals surface area contributed by atoms with Crippen molar-refractivity contribution in [3.63, 3.8) is 0 Å². The third-order valence-corrected chi connectivity index (χ3v) is 4.31. The van der Waals surface area contributed by atoms with Gasteiger partial charge in [-0.3, -0.25) is 9.48 Å². The molecule has 2 heterocycles. The molecule has 3 rings (SSSR count). The Bertz CT molecular complexity index is 673. The van der Waals surface area contributed by atoms with Gasteiger partial charge in [0.15, 0.2) is 0 Å². The summed E-state index contributed by atoms with van der Waals surface area (Å²) < 4.78 is 13.3. The second kappa shape index (κ2) is 9.35. The van der Waals surface area contributed by atoms with Gasteiger partial charge in [-0.2, -0.15) is 5.10 Å². The smallest absolute Gasteiger partial charge is 0.253 e. The predicted octanol–water partition coefficient (Wildman–Crippen LogP) is 1.54. The maximum Gasteiger partial charge on any atom is 0.253 e. The Morgan fingerprint density at radius 2 is 2.19 bits per heavy atom. The lowest BCUT2D eigenvalue weighted by molar-refractivity contribution is 0.0367. The molecule has 7 heteroatoms. The van der Waals surface area contributed by atoms with E-state index in [-0.39, 0.29) is 12.0 Å². The molecule has 1 amide bonds. The van der Waals surface area contributed by atoms with Crippen molar-refractivity contribution >= 4 is 5.91 Å². The summed E-state index contributed by atoms with van der Waals surface area (Å²) >= 11 is 0. The van der Waals surface area contributed by atoms with Crippen LogP contribution in [0, 0.1) is 0 Å². The number of hydrogen-bond acceptors (Lipinski definition) is 5. The van der Waals surface area contributed by atoms with Gasteiger partial charge in [-0.1, -0.05) is 0 Å². The molecule has 0 aliphatic carbocycles. The predicted molar refractivity (Wildman–Crippen MR) is 98.1 cm³/mol. The first-order chi connectivity index (χ1) is 12.8. The van der Waals surface area contributed by atoms with Gasteiger partial charge >= 0.3 is 0 Å². The number of hydrogen-bond donors (Lipinski definition) is 1. The largest absolute Gasteiger partial charge is 0.494 e. The molecule has 1 fully saturated rings. The van der Waals surface area contributed by atoms with Crippen molar-refractivity contribution in [1.29, 1.82) is 0 Å². The lowest BCUT2D eigenvalue weighted by Gasteiger charge is -2.24. The maximum atomic E-state index is 12.9. The van der Waals surface area contributed by atoms with Gasteiger partial charge in [0.25, 0.3) is 5.91 Å². The van der Waals surface area contributed by atoms with E-state index in [0.717, 1.165) is 18.6 Å². The van der Waals surface area contributed by atoms with Gasteiger partial charge in [-0.25, -0.2) is 0 Å². The minimum Gasteiger partial charge on any atom is -0.494 e. The van der Waals surface area contributed by atoms with Gasteiger partial charge in [0.2, 0.25) is 0 Å². The lowest BCUT2D eigenvalue weighted by Crippen LogP contribution is -2.38. The summed E-state index contributed by atoms with van der Waals surface area (Å²) in [4.78, 5) is 14.7. The fraction of sp³-hybridized carbons (Fsp3) is 0.474. The van der Waals surface area contributed by atoms with Crippen LogP contribution in [0.2, 0.25) is 0 Å². The van der Waals surface area contributed by atoms with Gasteiger partial charge in [-0.15, -0.1) is 0 Å². The molecule has 1 aliphatic heterocycles. The third kappa shape index (κ3) is 5.06. The Labute approximate surface area is 153 Å². The summed E-state index contributed by atoms with van der Waals surface area (Å²) in [5, 5.41) is 4.22. The van der Waals surface area contributed by atoms with Crippen molar-refractivity contribution in [1.82, 2.24) is 14.7 Å². The van der Waals surface area contributed by atoms with Crippen molar-refractivity contribution in [2.75, 3.05) is 32.8 Å². The Hall–Kier alpha value is -2.38. The van der Waals surface area contributed by atoms with E-state index in [1.165, 1.54) is 0 Å². The van der Waals surface area contributed by atoms with Crippen LogP contribution < -0.4 is 10.5 Å². The van der Waals surface area contributed by atoms with E-state index < -0.39 is 0 Å². The Balaban J connectivity index is 1.60. The second-order valence-electron chi connectivity index (χ2n) is 6.34. The SMILES string of the molecule is NCCCOc1ccc(C(=O)N2CCCOC(Cn3cccn3)C2)cc1. The number of aromatic nitrogens is 2. The molecule has 0 saturated carbocycles. The second-order valence-corrected chi connectivity index (χ2v) is 6.34. The summed E-state index contributed by atoms with van der Waals surface area (Å²) in [5.74, 6) is 0.778. The Morgan fingerprint density at radius 3 is 2.92 bits per heavy atom. The molecular weight excluding hydrogens is 332 g/mol. The van der Waals surface area contributed by atoms with Crippen LogP contribution in [0.1, 0.15) is 23.2 Å². The Kier molecular flexibility index (Phi) is 6.62. The molecule has 0 bridgehead atoms. The van der Waals surface area contributed by atoms with Crippen LogP contribution in [0.4, 0.5) is 0 Å². The first-order valence-electron chi connectivity index (χ1n) is 9.07. The standard InChI is InChI=1S/C19H26N4O3/c20-8-1-12-25-17-6-4-16(5-7-17)19(24)22-10-3-13-26-18(14-22)15-23-11-2-9-21-23/h2,4-7,9,11,18H,1,3,8,10,12-15,20H2. The van der Waals surface area contributed by atoms with Crippen molar-refractivity contribution in [2.45, 2.75) is 25.5 Å². The molecule has 7 nitrogen and oxygen atoms in total. The van der Waals surface area contributed by atoms with E-state index in [1.54, 1.807) is 6.20 Å². The number of benzene rings is 1. The molecule has 0 spiro atoms. The zero-order valence-corrected chi connectivity index (χ0v) is 14.9. The minimum atomic E-state index is -0.0554. The highest BCUT2D eigenvalue weighted by molar-refractivity contribution is 5.94. The summed E-state index contributed by atoms with van der Waals surface area (Å²) in [7, 11) is 0. The zero-order valence-electron chi connectivity index (χ0n) is 14.9. The van der Waals surface area contributed by atoms with Gasteiger partial charge in [0.05, 0.1) is 19.3 Å². The number of amides is 1. The first-order valence-corrected chi connectivity index (χ1v) is 9.07. The van der Waals surface area contributed by atoms with Crippen LogP contribution in [0.3, 0.4) is 0 Å². The molecule has 1 aliphatic rings. The third-order valence-electron chi connectivity index (χ3n) is 4.31. The zero-order chi connectivity index (χ0) is 18.2. The lowest BCUT2D eigenvalue weighted by atomic mass is 10.1. The average molecular weight is 358 g/mol. The van der Waals surface area contributed by atoms with Crippen LogP contribution in [0.25, 0.3) is 0 Å². The Morgan fingerprint density at radius 1 is 1.35 bits per heavy atom. The molecule has 1 unspecified atom stereocenters. The first kappa shape index (κ1) is 18.4. The fourth-order valence-electron chi connectivity index (χ4n) is 2.96. The molecule has 1 saturated heterocycles. The van der Waals surface area contributed by atoms with E-state index >= 15 is 0 Å². The van der Waals surface area contributed by atoms with Crippen LogP contribution in [0.15, 0.2) is 42.7 Å². The van der Waals surface area contributed by atoms with E-state index in [2.05, 4.69) is 5.10 Å². The van der Waals surface area contributed by atoms with E-state index in [1.807, 2.05) is 46.1 Å². The van der Waals surface area contributed by atoms with Gasteiger partial charge < -0.3 is 20.1 Å². The summed E-state index contributed by atoms with van der Waals surface area (Å²) in [6, 6.07) is 9.18. The molecule has 0 radical (unpaired) electrons. The van der Waals surface area contributed by atoms with Gasteiger partial charge in [-0.05, 0) is 49.7 Å². The van der Waals surface area contributed by atoms with E-state index in [0.29, 0.717) is 45.0 Å². The van der Waals surface area contributed by atoms with Gasteiger partial charge in [0, 0.05) is 37.7 Å². The number of rotatable bonds is 7. The van der Waals surface area contributed by atoms with Crippen LogP contribution in [0.5, 0.6) is 5.75 Å². The van der Waals surface area contributed by atoms with E-state index in [4.69, 9.17) is 15.2 Å². The van der Waals surface area contributed by atoms with Crippen molar-refractivity contribution < 1.29 is 14.3 Å². The fourth-order valence-corrected chi connectivity index (χ4v) is 2.96. The average Bonchev–Trinajstić information content (AvgIpc) is 3.06. The minimum absolute atomic E-state index is 0.0227. The number of carbonyl (C=O) groups excluding carboxylic acids is 1.